The third kappa shape index (κ3) is 5.52. The van der Waals surface area contributed by atoms with Crippen molar-refractivity contribution >= 4 is 5.71 Å². The molecule has 0 radical (unpaired) electrons. The number of oxime groups is 1. The molecule has 0 aliphatic heterocycles. The zero-order valence-corrected chi connectivity index (χ0v) is 14.1. The Labute approximate surface area is 125 Å². The maximum atomic E-state index is 5.35. The molecule has 0 aromatic carbocycles. The highest BCUT2D eigenvalue weighted by atomic mass is 16.6. The Hall–Kier alpha value is -1.05. The fraction of sp³-hybridized carbons (Fsp3) is 0.722. The van der Waals surface area contributed by atoms with Crippen LogP contribution < -0.4 is 0 Å². The molecule has 0 aromatic rings. The highest BCUT2D eigenvalue weighted by molar-refractivity contribution is 5.92. The summed E-state index contributed by atoms with van der Waals surface area (Å²) in [5.74, 6) is 1.17. The number of allylic oxidation sites excluding steroid dienone is 4. The molecule has 2 nitrogen and oxygen atoms in total. The third-order valence-electron chi connectivity index (χ3n) is 4.11. The van der Waals surface area contributed by atoms with Crippen molar-refractivity contribution in [1.82, 2.24) is 0 Å². The Kier molecular flexibility index (Phi) is 6.51. The molecule has 0 amide bonds. The lowest BCUT2D eigenvalue weighted by Gasteiger charge is -2.36. The number of rotatable bonds is 6. The summed E-state index contributed by atoms with van der Waals surface area (Å²) in [7, 11) is 0. The minimum Gasteiger partial charge on any atom is -0.396 e. The summed E-state index contributed by atoms with van der Waals surface area (Å²) in [6.07, 6.45) is 10.3. The van der Waals surface area contributed by atoms with Gasteiger partial charge in [-0.05, 0) is 50.5 Å². The molecule has 1 rings (SSSR count). The quantitative estimate of drug-likeness (QED) is 0.277. The van der Waals surface area contributed by atoms with Crippen molar-refractivity contribution in [2.75, 3.05) is 6.61 Å². The van der Waals surface area contributed by atoms with Gasteiger partial charge in [0.05, 0.1) is 5.71 Å². The Balaban J connectivity index is 2.55. The van der Waals surface area contributed by atoms with Gasteiger partial charge in [-0.25, -0.2) is 0 Å². The lowest BCUT2D eigenvalue weighted by molar-refractivity contribution is 0.133. The van der Waals surface area contributed by atoms with Gasteiger partial charge in [-0.1, -0.05) is 50.6 Å². The zero-order valence-electron chi connectivity index (χ0n) is 14.1. The predicted molar refractivity (Wildman–Crippen MR) is 87.9 cm³/mol. The topological polar surface area (TPSA) is 21.6 Å². The van der Waals surface area contributed by atoms with Crippen LogP contribution >= 0.6 is 0 Å². The average Bonchev–Trinajstić information content (AvgIpc) is 2.33. The highest BCUT2D eigenvalue weighted by Gasteiger charge is 2.30. The molecule has 0 saturated heterocycles. The SMILES string of the molecule is CC1=CCCC(C)(C)C1/C=C/C(C)=N\OCCC(C)C. The summed E-state index contributed by atoms with van der Waals surface area (Å²) < 4.78 is 0. The van der Waals surface area contributed by atoms with Crippen molar-refractivity contribution in [2.24, 2.45) is 22.4 Å². The smallest absolute Gasteiger partial charge is 0.117 e. The molecule has 20 heavy (non-hydrogen) atoms. The van der Waals surface area contributed by atoms with Gasteiger partial charge in [0.15, 0.2) is 0 Å². The van der Waals surface area contributed by atoms with E-state index in [-0.39, 0.29) is 0 Å². The molecule has 1 atom stereocenters. The van der Waals surface area contributed by atoms with Gasteiger partial charge in [0.1, 0.15) is 6.61 Å². The van der Waals surface area contributed by atoms with Crippen molar-refractivity contribution in [3.8, 4) is 0 Å². The van der Waals surface area contributed by atoms with Gasteiger partial charge in [-0.2, -0.15) is 0 Å². The molecule has 0 spiro atoms. The van der Waals surface area contributed by atoms with Crippen LogP contribution in [0.5, 0.6) is 0 Å². The number of nitrogens with zero attached hydrogens (tertiary/aromatic N) is 1. The van der Waals surface area contributed by atoms with Gasteiger partial charge in [0.25, 0.3) is 0 Å². The minimum atomic E-state index is 0.341. The molecule has 1 aliphatic rings. The fourth-order valence-electron chi connectivity index (χ4n) is 2.68. The van der Waals surface area contributed by atoms with Crippen molar-refractivity contribution in [2.45, 2.75) is 60.8 Å². The van der Waals surface area contributed by atoms with E-state index in [2.05, 4.69) is 58.0 Å². The summed E-state index contributed by atoms with van der Waals surface area (Å²) in [5.41, 5.74) is 2.77. The molecule has 0 N–H and O–H groups in total. The van der Waals surface area contributed by atoms with Crippen molar-refractivity contribution < 1.29 is 4.84 Å². The molecule has 1 unspecified atom stereocenters. The maximum absolute atomic E-state index is 5.35. The van der Waals surface area contributed by atoms with Gasteiger partial charge in [0, 0.05) is 5.92 Å². The molecule has 1 aliphatic carbocycles. The first-order valence-electron chi connectivity index (χ1n) is 7.84. The molecule has 2 heteroatoms. The second-order valence-corrected chi connectivity index (χ2v) is 7.06. The Morgan fingerprint density at radius 2 is 2.20 bits per heavy atom. The first kappa shape index (κ1) is 17.0. The van der Waals surface area contributed by atoms with E-state index >= 15 is 0 Å². The predicted octanol–water partition coefficient (Wildman–Crippen LogP) is 5.36. The summed E-state index contributed by atoms with van der Waals surface area (Å²) in [6.45, 7) is 14.0. The lowest BCUT2D eigenvalue weighted by atomic mass is 9.68. The summed E-state index contributed by atoms with van der Waals surface area (Å²) in [4.78, 5) is 5.35. The van der Waals surface area contributed by atoms with E-state index < -0.39 is 0 Å². The molecule has 0 saturated carbocycles. The van der Waals surface area contributed by atoms with Crippen LogP contribution in [0, 0.1) is 17.3 Å². The van der Waals surface area contributed by atoms with Crippen LogP contribution in [-0.4, -0.2) is 12.3 Å². The monoisotopic (exact) mass is 277 g/mol. The molecule has 0 bridgehead atoms. The van der Waals surface area contributed by atoms with E-state index in [4.69, 9.17) is 4.84 Å². The first-order valence-corrected chi connectivity index (χ1v) is 7.84. The van der Waals surface area contributed by atoms with E-state index in [0.717, 1.165) is 12.1 Å². The number of hydrogen-bond donors (Lipinski definition) is 0. The van der Waals surface area contributed by atoms with Crippen LogP contribution in [0.25, 0.3) is 0 Å². The van der Waals surface area contributed by atoms with E-state index in [0.29, 0.717) is 23.9 Å². The highest BCUT2D eigenvalue weighted by Crippen LogP contribution is 2.41. The molecule has 0 fully saturated rings. The van der Waals surface area contributed by atoms with Crippen LogP contribution in [0.15, 0.2) is 29.0 Å². The third-order valence-corrected chi connectivity index (χ3v) is 4.11. The molecule has 0 heterocycles. The van der Waals surface area contributed by atoms with Gasteiger partial charge in [-0.3, -0.25) is 0 Å². The van der Waals surface area contributed by atoms with Gasteiger partial charge in [-0.15, -0.1) is 0 Å². The molecular weight excluding hydrogens is 246 g/mol. The van der Waals surface area contributed by atoms with E-state index in [9.17, 15) is 0 Å². The van der Waals surface area contributed by atoms with Crippen molar-refractivity contribution in [3.63, 3.8) is 0 Å². The average molecular weight is 277 g/mol. The summed E-state index contributed by atoms with van der Waals surface area (Å²) in [6, 6.07) is 0. The standard InChI is InChI=1S/C18H31NO/c1-14(2)11-13-20-19-16(4)9-10-17-15(3)8-7-12-18(17,5)6/h8-10,14,17H,7,11-13H2,1-6H3/b10-9+,19-16-. The molecular formula is C18H31NO. The van der Waals surface area contributed by atoms with Crippen LogP contribution in [0.2, 0.25) is 0 Å². The van der Waals surface area contributed by atoms with E-state index in [1.165, 1.54) is 18.4 Å². The van der Waals surface area contributed by atoms with E-state index in [1.807, 2.05) is 6.92 Å². The first-order chi connectivity index (χ1) is 9.33. The van der Waals surface area contributed by atoms with Crippen LogP contribution in [-0.2, 0) is 4.84 Å². The summed E-state index contributed by atoms with van der Waals surface area (Å²) in [5, 5.41) is 4.16. The second kappa shape index (κ2) is 7.66. The van der Waals surface area contributed by atoms with Crippen LogP contribution in [0.3, 0.4) is 0 Å². The number of hydrogen-bond acceptors (Lipinski definition) is 2. The van der Waals surface area contributed by atoms with Gasteiger partial charge >= 0.3 is 0 Å². The van der Waals surface area contributed by atoms with Crippen molar-refractivity contribution in [3.05, 3.63) is 23.8 Å². The Morgan fingerprint density at radius 1 is 1.50 bits per heavy atom. The van der Waals surface area contributed by atoms with E-state index in [1.54, 1.807) is 0 Å². The van der Waals surface area contributed by atoms with Gasteiger partial charge < -0.3 is 4.84 Å². The lowest BCUT2D eigenvalue weighted by Crippen LogP contribution is -2.26. The Morgan fingerprint density at radius 3 is 2.80 bits per heavy atom. The fourth-order valence-corrected chi connectivity index (χ4v) is 2.68. The minimum absolute atomic E-state index is 0.341. The van der Waals surface area contributed by atoms with Crippen molar-refractivity contribution in [1.29, 1.82) is 0 Å². The van der Waals surface area contributed by atoms with Crippen LogP contribution in [0.4, 0.5) is 0 Å². The second-order valence-electron chi connectivity index (χ2n) is 7.06. The maximum Gasteiger partial charge on any atom is 0.117 e. The normalized spacial score (nSPS) is 23.2. The van der Waals surface area contributed by atoms with Gasteiger partial charge in [0.2, 0.25) is 0 Å². The van der Waals surface area contributed by atoms with Crippen LogP contribution in [0.1, 0.15) is 60.8 Å². The largest absolute Gasteiger partial charge is 0.396 e. The summed E-state index contributed by atoms with van der Waals surface area (Å²) >= 11 is 0. The molecule has 0 aromatic heterocycles. The Bertz CT molecular complexity index is 388. The molecule has 114 valence electrons. The zero-order chi connectivity index (χ0) is 15.2.